The largest absolute Gasteiger partial charge is 0.416 e. The Balaban J connectivity index is 2.58. The number of nitrogens with one attached hydrogen (secondary N) is 1. The highest BCUT2D eigenvalue weighted by atomic mass is 19.1. The molecule has 3 nitrogen and oxygen atoms in total. The molecule has 66 valence electrons. The highest BCUT2D eigenvalue weighted by Crippen LogP contribution is 2.19. The van der Waals surface area contributed by atoms with Crippen LogP contribution in [0.1, 0.15) is 0 Å². The van der Waals surface area contributed by atoms with Crippen LogP contribution in [-0.4, -0.2) is 4.98 Å². The SMILES string of the molecule is O=c1[nH]cc(-c2ccccc2F)o1. The van der Waals surface area contributed by atoms with E-state index in [1.54, 1.807) is 18.2 Å². The van der Waals surface area contributed by atoms with Gasteiger partial charge in [-0.15, -0.1) is 0 Å². The van der Waals surface area contributed by atoms with Crippen molar-refractivity contribution in [3.05, 3.63) is 46.8 Å². The zero-order valence-corrected chi connectivity index (χ0v) is 6.58. The van der Waals surface area contributed by atoms with Gasteiger partial charge in [0.25, 0.3) is 0 Å². The Labute approximate surface area is 72.8 Å². The second-order valence-corrected chi connectivity index (χ2v) is 2.52. The van der Waals surface area contributed by atoms with Crippen LogP contribution in [-0.2, 0) is 0 Å². The number of benzene rings is 1. The van der Waals surface area contributed by atoms with E-state index in [1.165, 1.54) is 12.3 Å². The van der Waals surface area contributed by atoms with E-state index in [4.69, 9.17) is 4.42 Å². The molecular weight excluding hydrogens is 173 g/mol. The van der Waals surface area contributed by atoms with E-state index in [9.17, 15) is 9.18 Å². The molecule has 0 unspecified atom stereocenters. The van der Waals surface area contributed by atoms with E-state index >= 15 is 0 Å². The van der Waals surface area contributed by atoms with Gasteiger partial charge in [0.15, 0.2) is 5.76 Å². The van der Waals surface area contributed by atoms with Crippen molar-refractivity contribution in [1.29, 1.82) is 0 Å². The van der Waals surface area contributed by atoms with E-state index in [-0.39, 0.29) is 11.3 Å². The summed E-state index contributed by atoms with van der Waals surface area (Å²) in [5.74, 6) is -0.786. The zero-order valence-electron chi connectivity index (χ0n) is 6.58. The predicted molar refractivity (Wildman–Crippen MR) is 44.7 cm³/mol. The molecule has 0 aliphatic carbocycles. The monoisotopic (exact) mass is 179 g/mol. The molecule has 2 rings (SSSR count). The summed E-state index contributed by atoms with van der Waals surface area (Å²) in [7, 11) is 0. The van der Waals surface area contributed by atoms with Gasteiger partial charge in [-0.1, -0.05) is 12.1 Å². The summed E-state index contributed by atoms with van der Waals surface area (Å²) in [6.07, 6.45) is 1.33. The minimum atomic E-state index is -0.585. The molecule has 0 aliphatic rings. The number of aromatic nitrogens is 1. The van der Waals surface area contributed by atoms with Crippen LogP contribution in [0.4, 0.5) is 4.39 Å². The molecule has 0 amide bonds. The van der Waals surface area contributed by atoms with Gasteiger partial charge < -0.3 is 4.42 Å². The van der Waals surface area contributed by atoms with Crippen LogP contribution in [0.2, 0.25) is 0 Å². The van der Waals surface area contributed by atoms with Crippen LogP contribution in [0, 0.1) is 5.82 Å². The molecule has 13 heavy (non-hydrogen) atoms. The third-order valence-corrected chi connectivity index (χ3v) is 1.66. The first kappa shape index (κ1) is 7.79. The van der Waals surface area contributed by atoms with Crippen molar-refractivity contribution >= 4 is 0 Å². The van der Waals surface area contributed by atoms with Crippen molar-refractivity contribution in [2.24, 2.45) is 0 Å². The first-order valence-electron chi connectivity index (χ1n) is 3.71. The second-order valence-electron chi connectivity index (χ2n) is 2.52. The first-order valence-corrected chi connectivity index (χ1v) is 3.71. The molecule has 2 aromatic rings. The molecular formula is C9H6FNO2. The molecule has 1 heterocycles. The molecule has 0 spiro atoms. The summed E-state index contributed by atoms with van der Waals surface area (Å²) in [4.78, 5) is 12.9. The number of aromatic amines is 1. The Bertz CT molecular complexity index is 472. The normalized spacial score (nSPS) is 10.2. The summed E-state index contributed by atoms with van der Waals surface area (Å²) in [6, 6.07) is 6.10. The quantitative estimate of drug-likeness (QED) is 0.725. The maximum absolute atomic E-state index is 13.1. The molecule has 0 atom stereocenters. The smallest absolute Gasteiger partial charge is 0.408 e. The fourth-order valence-electron chi connectivity index (χ4n) is 1.08. The predicted octanol–water partition coefficient (Wildman–Crippen LogP) is 1.77. The summed E-state index contributed by atoms with van der Waals surface area (Å²) in [5, 5.41) is 0. The molecule has 0 saturated heterocycles. The topological polar surface area (TPSA) is 46.0 Å². The number of rotatable bonds is 1. The third kappa shape index (κ3) is 1.38. The van der Waals surface area contributed by atoms with E-state index in [1.807, 2.05) is 0 Å². The lowest BCUT2D eigenvalue weighted by Crippen LogP contribution is -1.92. The van der Waals surface area contributed by atoms with Crippen molar-refractivity contribution in [2.45, 2.75) is 0 Å². The highest BCUT2D eigenvalue weighted by molar-refractivity contribution is 5.56. The van der Waals surface area contributed by atoms with Crippen LogP contribution >= 0.6 is 0 Å². The van der Waals surface area contributed by atoms with Gasteiger partial charge in [0.2, 0.25) is 0 Å². The molecule has 4 heteroatoms. The van der Waals surface area contributed by atoms with E-state index < -0.39 is 11.6 Å². The van der Waals surface area contributed by atoms with Crippen LogP contribution in [0.3, 0.4) is 0 Å². The summed E-state index contributed by atoms with van der Waals surface area (Å²) < 4.78 is 17.8. The molecule has 1 aromatic carbocycles. The van der Waals surface area contributed by atoms with Crippen molar-refractivity contribution in [1.82, 2.24) is 4.98 Å². The summed E-state index contributed by atoms with van der Waals surface area (Å²) in [5.41, 5.74) is 0.279. The lowest BCUT2D eigenvalue weighted by atomic mass is 10.2. The van der Waals surface area contributed by atoms with E-state index in [0.717, 1.165) is 0 Å². The Morgan fingerprint density at radius 2 is 2.08 bits per heavy atom. The first-order chi connectivity index (χ1) is 6.27. The molecule has 0 bridgehead atoms. The molecule has 0 fully saturated rings. The highest BCUT2D eigenvalue weighted by Gasteiger charge is 2.07. The van der Waals surface area contributed by atoms with Crippen LogP contribution in [0.15, 0.2) is 39.7 Å². The fraction of sp³-hybridized carbons (Fsp3) is 0. The maximum atomic E-state index is 13.1. The van der Waals surface area contributed by atoms with Gasteiger partial charge in [-0.3, -0.25) is 4.98 Å². The Morgan fingerprint density at radius 3 is 2.69 bits per heavy atom. The molecule has 0 radical (unpaired) electrons. The maximum Gasteiger partial charge on any atom is 0.416 e. The van der Waals surface area contributed by atoms with E-state index in [0.29, 0.717) is 0 Å². The third-order valence-electron chi connectivity index (χ3n) is 1.66. The van der Waals surface area contributed by atoms with Gasteiger partial charge in [-0.05, 0) is 12.1 Å². The minimum Gasteiger partial charge on any atom is -0.408 e. The molecule has 0 aliphatic heterocycles. The second kappa shape index (κ2) is 2.90. The molecule has 1 N–H and O–H groups in total. The lowest BCUT2D eigenvalue weighted by Gasteiger charge is -1.95. The van der Waals surface area contributed by atoms with Gasteiger partial charge in [0.1, 0.15) is 5.82 Å². The van der Waals surface area contributed by atoms with Gasteiger partial charge >= 0.3 is 5.76 Å². The summed E-state index contributed by atoms with van der Waals surface area (Å²) in [6.45, 7) is 0. The van der Waals surface area contributed by atoms with Gasteiger partial charge in [-0.2, -0.15) is 0 Å². The van der Waals surface area contributed by atoms with Crippen LogP contribution in [0.25, 0.3) is 11.3 Å². The van der Waals surface area contributed by atoms with Crippen LogP contribution < -0.4 is 5.76 Å². The number of H-pyrrole nitrogens is 1. The van der Waals surface area contributed by atoms with Gasteiger partial charge in [0.05, 0.1) is 11.8 Å². The Kier molecular flexibility index (Phi) is 1.73. The summed E-state index contributed by atoms with van der Waals surface area (Å²) >= 11 is 0. The van der Waals surface area contributed by atoms with Gasteiger partial charge in [0, 0.05) is 0 Å². The van der Waals surface area contributed by atoms with Crippen molar-refractivity contribution in [3.8, 4) is 11.3 Å². The molecule has 0 saturated carbocycles. The van der Waals surface area contributed by atoms with Crippen molar-refractivity contribution < 1.29 is 8.81 Å². The number of hydrogen-bond acceptors (Lipinski definition) is 2. The number of hydrogen-bond donors (Lipinski definition) is 1. The molecule has 1 aromatic heterocycles. The Hall–Kier alpha value is -1.84. The number of oxazole rings is 1. The van der Waals surface area contributed by atoms with E-state index in [2.05, 4.69) is 4.98 Å². The van der Waals surface area contributed by atoms with Gasteiger partial charge in [-0.25, -0.2) is 9.18 Å². The van der Waals surface area contributed by atoms with Crippen molar-refractivity contribution in [3.63, 3.8) is 0 Å². The minimum absolute atomic E-state index is 0.211. The average Bonchev–Trinajstić information content (AvgIpc) is 2.53. The lowest BCUT2D eigenvalue weighted by molar-refractivity contribution is 0.522. The zero-order chi connectivity index (χ0) is 9.26. The average molecular weight is 179 g/mol. The van der Waals surface area contributed by atoms with Crippen molar-refractivity contribution in [2.75, 3.05) is 0 Å². The number of halogens is 1. The Morgan fingerprint density at radius 1 is 1.31 bits per heavy atom. The fourth-order valence-corrected chi connectivity index (χ4v) is 1.08. The van der Waals surface area contributed by atoms with Crippen LogP contribution in [0.5, 0.6) is 0 Å². The standard InChI is InChI=1S/C9H6FNO2/c10-7-4-2-1-3-6(7)8-5-11-9(12)13-8/h1-5H,(H,11,12).